The highest BCUT2D eigenvalue weighted by atomic mass is 32.2. The lowest BCUT2D eigenvalue weighted by Crippen LogP contribution is -2.34. The van der Waals surface area contributed by atoms with E-state index in [0.717, 1.165) is 4.90 Å². The molecule has 0 radical (unpaired) electrons. The number of hydrogen-bond donors (Lipinski definition) is 1. The van der Waals surface area contributed by atoms with Gasteiger partial charge in [-0.15, -0.1) is 0 Å². The molecule has 5 nitrogen and oxygen atoms in total. The quantitative estimate of drug-likeness (QED) is 0.865. The SMILES string of the molecule is CCCS(=O)(=O)c1c(N)nsc1N(CC)CC(F)(F)F. The Balaban J connectivity index is 3.26. The van der Waals surface area contributed by atoms with E-state index in [1.165, 1.54) is 6.92 Å². The van der Waals surface area contributed by atoms with Gasteiger partial charge in [-0.25, -0.2) is 8.42 Å². The van der Waals surface area contributed by atoms with Crippen LogP contribution in [-0.2, 0) is 9.84 Å². The number of nitrogens with zero attached hydrogens (tertiary/aromatic N) is 2. The van der Waals surface area contributed by atoms with Crippen molar-refractivity contribution in [3.05, 3.63) is 0 Å². The monoisotopic (exact) mass is 331 g/mol. The molecule has 0 aromatic carbocycles. The molecule has 0 saturated heterocycles. The summed E-state index contributed by atoms with van der Waals surface area (Å²) in [5.74, 6) is -0.411. The minimum Gasteiger partial charge on any atom is -0.382 e. The Morgan fingerprint density at radius 2 is 1.95 bits per heavy atom. The predicted molar refractivity (Wildman–Crippen MR) is 72.8 cm³/mol. The first-order valence-electron chi connectivity index (χ1n) is 5.92. The molecule has 0 spiro atoms. The third-order valence-electron chi connectivity index (χ3n) is 2.48. The van der Waals surface area contributed by atoms with Crippen molar-refractivity contribution < 1.29 is 21.6 Å². The summed E-state index contributed by atoms with van der Waals surface area (Å²) in [7, 11) is -3.73. The van der Waals surface area contributed by atoms with Crippen LogP contribution in [0, 0.1) is 0 Å². The molecule has 1 aromatic heterocycles. The van der Waals surface area contributed by atoms with Crippen LogP contribution >= 0.6 is 11.5 Å². The standard InChI is InChI=1S/C10H16F3N3O2S2/c1-3-5-20(17,18)7-8(14)15-19-9(7)16(4-2)6-10(11,12)13/h3-6H2,1-2H3,(H2,14,15). The molecule has 0 aliphatic rings. The van der Waals surface area contributed by atoms with E-state index in [0.29, 0.717) is 18.0 Å². The van der Waals surface area contributed by atoms with Crippen molar-refractivity contribution >= 4 is 32.2 Å². The summed E-state index contributed by atoms with van der Waals surface area (Å²) in [5.41, 5.74) is 5.53. The van der Waals surface area contributed by atoms with Gasteiger partial charge in [0.05, 0.1) is 5.75 Å². The van der Waals surface area contributed by atoms with Gasteiger partial charge in [0.15, 0.2) is 15.7 Å². The number of nitrogens with two attached hydrogens (primary N) is 1. The van der Waals surface area contributed by atoms with E-state index in [9.17, 15) is 21.6 Å². The lowest BCUT2D eigenvalue weighted by atomic mass is 10.4. The molecule has 1 aromatic rings. The van der Waals surface area contributed by atoms with E-state index < -0.39 is 22.6 Å². The highest BCUT2D eigenvalue weighted by Gasteiger charge is 2.34. The smallest absolute Gasteiger partial charge is 0.382 e. The number of nitrogen functional groups attached to an aromatic ring is 1. The molecule has 0 aliphatic heterocycles. The van der Waals surface area contributed by atoms with Crippen LogP contribution in [0.15, 0.2) is 4.90 Å². The molecule has 0 aliphatic carbocycles. The summed E-state index contributed by atoms with van der Waals surface area (Å²) in [5, 5.41) is -0.0456. The van der Waals surface area contributed by atoms with E-state index in [4.69, 9.17) is 5.73 Å². The van der Waals surface area contributed by atoms with Gasteiger partial charge in [-0.3, -0.25) is 0 Å². The number of rotatable bonds is 6. The second-order valence-corrected chi connectivity index (χ2v) is 6.95. The molecule has 0 unspecified atom stereocenters. The summed E-state index contributed by atoms with van der Waals surface area (Å²) in [6.07, 6.45) is -4.08. The van der Waals surface area contributed by atoms with Crippen molar-refractivity contribution in [1.82, 2.24) is 4.37 Å². The Labute approximate surface area is 119 Å². The zero-order valence-corrected chi connectivity index (χ0v) is 12.7. The van der Waals surface area contributed by atoms with Gasteiger partial charge in [-0.1, -0.05) is 6.92 Å². The molecular formula is C10H16F3N3O2S2. The van der Waals surface area contributed by atoms with E-state index in [1.54, 1.807) is 6.92 Å². The number of aromatic nitrogens is 1. The normalized spacial score (nSPS) is 12.7. The van der Waals surface area contributed by atoms with E-state index in [-0.39, 0.29) is 28.0 Å². The summed E-state index contributed by atoms with van der Waals surface area (Å²) in [6.45, 7) is 1.95. The first-order valence-corrected chi connectivity index (χ1v) is 8.34. The molecule has 0 amide bonds. The minimum atomic E-state index is -4.43. The second-order valence-electron chi connectivity index (χ2n) is 4.15. The van der Waals surface area contributed by atoms with Crippen molar-refractivity contribution in [1.29, 1.82) is 0 Å². The maximum absolute atomic E-state index is 12.5. The molecule has 1 rings (SSSR count). The topological polar surface area (TPSA) is 76.3 Å². The van der Waals surface area contributed by atoms with Gasteiger partial charge >= 0.3 is 6.18 Å². The summed E-state index contributed by atoms with van der Waals surface area (Å²) in [6, 6.07) is 0. The van der Waals surface area contributed by atoms with E-state index >= 15 is 0 Å². The maximum Gasteiger partial charge on any atom is 0.405 e. The number of halogens is 3. The van der Waals surface area contributed by atoms with Gasteiger partial charge in [0.1, 0.15) is 16.4 Å². The molecule has 0 bridgehead atoms. The Morgan fingerprint density at radius 3 is 2.40 bits per heavy atom. The minimum absolute atomic E-state index is 0.00971. The van der Waals surface area contributed by atoms with Gasteiger partial charge in [0, 0.05) is 6.54 Å². The van der Waals surface area contributed by atoms with Crippen LogP contribution in [0.2, 0.25) is 0 Å². The van der Waals surface area contributed by atoms with Crippen molar-refractivity contribution in [3.8, 4) is 0 Å². The van der Waals surface area contributed by atoms with E-state index in [1.807, 2.05) is 0 Å². The summed E-state index contributed by atoms with van der Waals surface area (Å²) >= 11 is 0.674. The molecule has 2 N–H and O–H groups in total. The van der Waals surface area contributed by atoms with Crippen LogP contribution in [0.1, 0.15) is 20.3 Å². The van der Waals surface area contributed by atoms with Crippen LogP contribution in [0.25, 0.3) is 0 Å². The summed E-state index contributed by atoms with van der Waals surface area (Å²) < 4.78 is 65.5. The Kier molecular flexibility index (Phi) is 5.25. The molecule has 10 heteroatoms. The van der Waals surface area contributed by atoms with Crippen molar-refractivity contribution in [2.24, 2.45) is 0 Å². The van der Waals surface area contributed by atoms with Gasteiger partial charge in [0.25, 0.3) is 0 Å². The Morgan fingerprint density at radius 1 is 1.35 bits per heavy atom. The van der Waals surface area contributed by atoms with E-state index in [2.05, 4.69) is 4.37 Å². The number of hydrogen-bond acceptors (Lipinski definition) is 6. The van der Waals surface area contributed by atoms with Crippen LogP contribution in [0.4, 0.5) is 24.0 Å². The average molecular weight is 331 g/mol. The zero-order chi connectivity index (χ0) is 15.6. The lowest BCUT2D eigenvalue weighted by Gasteiger charge is -2.23. The van der Waals surface area contributed by atoms with Crippen LogP contribution in [0.5, 0.6) is 0 Å². The maximum atomic E-state index is 12.5. The number of sulfone groups is 1. The fraction of sp³-hybridized carbons (Fsp3) is 0.700. The van der Waals surface area contributed by atoms with Gasteiger partial charge < -0.3 is 10.6 Å². The third-order valence-corrected chi connectivity index (χ3v) is 5.50. The van der Waals surface area contributed by atoms with Crippen LogP contribution < -0.4 is 10.6 Å². The first kappa shape index (κ1) is 17.0. The molecule has 1 heterocycles. The third kappa shape index (κ3) is 3.98. The van der Waals surface area contributed by atoms with Crippen molar-refractivity contribution in [2.75, 3.05) is 29.5 Å². The van der Waals surface area contributed by atoms with Gasteiger partial charge in [0.2, 0.25) is 0 Å². The van der Waals surface area contributed by atoms with Crippen molar-refractivity contribution in [3.63, 3.8) is 0 Å². The van der Waals surface area contributed by atoms with Crippen molar-refractivity contribution in [2.45, 2.75) is 31.3 Å². The first-order chi connectivity index (χ1) is 9.12. The molecular weight excluding hydrogens is 315 g/mol. The molecule has 20 heavy (non-hydrogen) atoms. The highest BCUT2D eigenvalue weighted by Crippen LogP contribution is 2.36. The fourth-order valence-electron chi connectivity index (χ4n) is 1.69. The largest absolute Gasteiger partial charge is 0.405 e. The number of anilines is 2. The van der Waals surface area contributed by atoms with Gasteiger partial charge in [-0.05, 0) is 24.9 Å². The zero-order valence-electron chi connectivity index (χ0n) is 11.1. The second kappa shape index (κ2) is 6.17. The Bertz CT molecular complexity index is 555. The summed E-state index contributed by atoms with van der Waals surface area (Å²) in [4.78, 5) is 0.645. The number of alkyl halides is 3. The molecule has 0 fully saturated rings. The predicted octanol–water partition coefficient (Wildman–Crippen LogP) is 2.30. The van der Waals surface area contributed by atoms with Crippen LogP contribution in [-0.4, -0.2) is 37.8 Å². The lowest BCUT2D eigenvalue weighted by molar-refractivity contribution is -0.119. The fourth-order valence-corrected chi connectivity index (χ4v) is 4.52. The highest BCUT2D eigenvalue weighted by molar-refractivity contribution is 7.91. The molecule has 116 valence electrons. The Hall–Kier alpha value is -1.03. The molecule has 0 atom stereocenters. The average Bonchev–Trinajstić information content (AvgIpc) is 2.67. The van der Waals surface area contributed by atoms with Crippen LogP contribution in [0.3, 0.4) is 0 Å². The van der Waals surface area contributed by atoms with Gasteiger partial charge in [-0.2, -0.15) is 17.5 Å². The molecule has 0 saturated carbocycles.